The highest BCUT2D eigenvalue weighted by Crippen LogP contribution is 2.32. The van der Waals surface area contributed by atoms with E-state index in [2.05, 4.69) is 5.32 Å². The van der Waals surface area contributed by atoms with Gasteiger partial charge >= 0.3 is 0 Å². The summed E-state index contributed by atoms with van der Waals surface area (Å²) < 4.78 is 31.3. The molecule has 0 unspecified atom stereocenters. The second-order valence-corrected chi connectivity index (χ2v) is 8.94. The lowest BCUT2D eigenvalue weighted by Gasteiger charge is -2.19. The molecule has 0 aliphatic heterocycles. The molecule has 0 saturated heterocycles. The number of amides is 1. The molecule has 0 aliphatic carbocycles. The van der Waals surface area contributed by atoms with Gasteiger partial charge in [-0.1, -0.05) is 32.0 Å². The molecule has 1 atom stereocenters. The van der Waals surface area contributed by atoms with Crippen LogP contribution in [0.5, 0.6) is 5.75 Å². The van der Waals surface area contributed by atoms with Crippen molar-refractivity contribution < 1.29 is 17.9 Å². The summed E-state index contributed by atoms with van der Waals surface area (Å²) in [6, 6.07) is 10.2. The molecule has 1 aromatic carbocycles. The Labute approximate surface area is 146 Å². The Morgan fingerprint density at radius 3 is 2.38 bits per heavy atom. The van der Waals surface area contributed by atoms with Gasteiger partial charge in [-0.15, -0.1) is 11.3 Å². The molecule has 1 N–H and O–H groups in total. The SMILES string of the molecule is COc1ccc([C@@H](CNC(=O)C(C)C)S(=O)(=O)c2cccs2)cc1. The van der Waals surface area contributed by atoms with Gasteiger partial charge in [0.2, 0.25) is 5.91 Å². The number of benzene rings is 1. The molecule has 130 valence electrons. The molecular weight excluding hydrogens is 346 g/mol. The van der Waals surface area contributed by atoms with Gasteiger partial charge < -0.3 is 10.1 Å². The number of rotatable bonds is 7. The van der Waals surface area contributed by atoms with Crippen molar-refractivity contribution in [3.05, 3.63) is 47.3 Å². The molecule has 1 amide bonds. The first-order chi connectivity index (χ1) is 11.4. The molecule has 0 saturated carbocycles. The second-order valence-electron chi connectivity index (χ2n) is 5.64. The number of methoxy groups -OCH3 is 1. The van der Waals surface area contributed by atoms with E-state index in [1.807, 2.05) is 0 Å². The fourth-order valence-corrected chi connectivity index (χ4v) is 5.06. The van der Waals surface area contributed by atoms with Crippen LogP contribution in [-0.2, 0) is 14.6 Å². The molecule has 0 fully saturated rings. The van der Waals surface area contributed by atoms with Crippen molar-refractivity contribution in [1.29, 1.82) is 0 Å². The van der Waals surface area contributed by atoms with Gasteiger partial charge in [0.05, 0.1) is 7.11 Å². The van der Waals surface area contributed by atoms with Gasteiger partial charge in [0.1, 0.15) is 15.2 Å². The minimum atomic E-state index is -3.59. The Bertz CT molecular complexity index is 765. The summed E-state index contributed by atoms with van der Waals surface area (Å²) in [4.78, 5) is 11.9. The van der Waals surface area contributed by atoms with Crippen molar-refractivity contribution in [3.63, 3.8) is 0 Å². The Morgan fingerprint density at radius 1 is 1.21 bits per heavy atom. The normalized spacial score (nSPS) is 12.8. The molecule has 0 bridgehead atoms. The Balaban J connectivity index is 2.35. The lowest BCUT2D eigenvalue weighted by molar-refractivity contribution is -0.123. The van der Waals surface area contributed by atoms with E-state index < -0.39 is 15.1 Å². The highest BCUT2D eigenvalue weighted by Gasteiger charge is 2.30. The largest absolute Gasteiger partial charge is 0.497 e. The molecular formula is C17H21NO4S2. The highest BCUT2D eigenvalue weighted by atomic mass is 32.2. The molecule has 5 nitrogen and oxygen atoms in total. The van der Waals surface area contributed by atoms with E-state index in [0.717, 1.165) is 0 Å². The summed E-state index contributed by atoms with van der Waals surface area (Å²) in [5.74, 6) is 0.276. The summed E-state index contributed by atoms with van der Waals surface area (Å²) in [7, 11) is -2.04. The average molecular weight is 367 g/mol. The van der Waals surface area contributed by atoms with Crippen LogP contribution >= 0.6 is 11.3 Å². The summed E-state index contributed by atoms with van der Waals surface area (Å²) in [6.45, 7) is 3.57. The smallest absolute Gasteiger partial charge is 0.222 e. The summed E-state index contributed by atoms with van der Waals surface area (Å²) >= 11 is 1.18. The first kappa shape index (κ1) is 18.5. The van der Waals surface area contributed by atoms with Crippen LogP contribution in [0.15, 0.2) is 46.0 Å². The molecule has 2 aromatic rings. The number of thiophene rings is 1. The van der Waals surface area contributed by atoms with E-state index in [1.54, 1.807) is 62.7 Å². The summed E-state index contributed by atoms with van der Waals surface area (Å²) in [5, 5.41) is 3.62. The minimum Gasteiger partial charge on any atom is -0.497 e. The van der Waals surface area contributed by atoms with Crippen LogP contribution in [0.1, 0.15) is 24.7 Å². The predicted molar refractivity (Wildman–Crippen MR) is 95.1 cm³/mol. The number of nitrogens with one attached hydrogen (secondary N) is 1. The van der Waals surface area contributed by atoms with Gasteiger partial charge in [0.25, 0.3) is 0 Å². The zero-order valence-corrected chi connectivity index (χ0v) is 15.5. The number of hydrogen-bond acceptors (Lipinski definition) is 5. The molecule has 1 heterocycles. The van der Waals surface area contributed by atoms with Crippen LogP contribution in [0.3, 0.4) is 0 Å². The average Bonchev–Trinajstić information content (AvgIpc) is 3.10. The van der Waals surface area contributed by atoms with Crippen molar-refractivity contribution >= 4 is 27.1 Å². The first-order valence-electron chi connectivity index (χ1n) is 7.55. The van der Waals surface area contributed by atoms with Crippen molar-refractivity contribution in [2.75, 3.05) is 13.7 Å². The van der Waals surface area contributed by atoms with E-state index >= 15 is 0 Å². The summed E-state index contributed by atoms with van der Waals surface area (Å²) in [6.07, 6.45) is 0. The number of carbonyl (C=O) groups is 1. The van der Waals surface area contributed by atoms with Crippen LogP contribution < -0.4 is 10.1 Å². The number of hydrogen-bond donors (Lipinski definition) is 1. The van der Waals surface area contributed by atoms with Crippen LogP contribution in [0, 0.1) is 5.92 Å². The van der Waals surface area contributed by atoms with Crippen LogP contribution in [0.4, 0.5) is 0 Å². The number of ether oxygens (including phenoxy) is 1. The Morgan fingerprint density at radius 2 is 1.88 bits per heavy atom. The van der Waals surface area contributed by atoms with Crippen molar-refractivity contribution in [3.8, 4) is 5.75 Å². The van der Waals surface area contributed by atoms with Gasteiger partial charge in [-0.3, -0.25) is 4.79 Å². The van der Waals surface area contributed by atoms with E-state index in [1.165, 1.54) is 11.3 Å². The monoisotopic (exact) mass is 367 g/mol. The molecule has 2 rings (SSSR count). The van der Waals surface area contributed by atoms with E-state index in [0.29, 0.717) is 15.5 Å². The quantitative estimate of drug-likeness (QED) is 0.816. The minimum absolute atomic E-state index is 0.0313. The lowest BCUT2D eigenvalue weighted by Crippen LogP contribution is -2.34. The maximum absolute atomic E-state index is 13.0. The third-order valence-electron chi connectivity index (χ3n) is 3.62. The fourth-order valence-electron chi connectivity index (χ4n) is 2.19. The molecule has 24 heavy (non-hydrogen) atoms. The highest BCUT2D eigenvalue weighted by molar-refractivity contribution is 7.93. The van der Waals surface area contributed by atoms with Gasteiger partial charge in [-0.25, -0.2) is 8.42 Å². The van der Waals surface area contributed by atoms with Crippen molar-refractivity contribution in [2.45, 2.75) is 23.3 Å². The topological polar surface area (TPSA) is 72.5 Å². The zero-order chi connectivity index (χ0) is 17.7. The summed E-state index contributed by atoms with van der Waals surface area (Å²) in [5.41, 5.74) is 0.619. The molecule has 0 radical (unpaired) electrons. The molecule has 1 aromatic heterocycles. The van der Waals surface area contributed by atoms with Gasteiger partial charge in [0, 0.05) is 12.5 Å². The van der Waals surface area contributed by atoms with Gasteiger partial charge in [0.15, 0.2) is 9.84 Å². The van der Waals surface area contributed by atoms with Crippen LogP contribution in [0.2, 0.25) is 0 Å². The van der Waals surface area contributed by atoms with Gasteiger partial charge in [-0.2, -0.15) is 0 Å². The number of sulfone groups is 1. The van der Waals surface area contributed by atoms with Crippen molar-refractivity contribution in [2.24, 2.45) is 5.92 Å². The predicted octanol–water partition coefficient (Wildman–Crippen LogP) is 3.04. The first-order valence-corrected chi connectivity index (χ1v) is 9.98. The van der Waals surface area contributed by atoms with E-state index in [4.69, 9.17) is 4.74 Å². The Kier molecular flexibility index (Phi) is 6.01. The maximum Gasteiger partial charge on any atom is 0.222 e. The lowest BCUT2D eigenvalue weighted by atomic mass is 10.1. The third-order valence-corrected chi connectivity index (χ3v) is 7.16. The molecule has 7 heteroatoms. The number of carbonyl (C=O) groups excluding carboxylic acids is 1. The second kappa shape index (κ2) is 7.81. The fraction of sp³-hybridized carbons (Fsp3) is 0.353. The van der Waals surface area contributed by atoms with E-state index in [-0.39, 0.29) is 18.4 Å². The molecule has 0 aliphatic rings. The van der Waals surface area contributed by atoms with Crippen LogP contribution in [0.25, 0.3) is 0 Å². The van der Waals surface area contributed by atoms with Gasteiger partial charge in [-0.05, 0) is 29.1 Å². The zero-order valence-electron chi connectivity index (χ0n) is 13.9. The Hall–Kier alpha value is -1.86. The maximum atomic E-state index is 13.0. The molecule has 0 spiro atoms. The third kappa shape index (κ3) is 4.15. The van der Waals surface area contributed by atoms with E-state index in [9.17, 15) is 13.2 Å². The van der Waals surface area contributed by atoms with Crippen molar-refractivity contribution in [1.82, 2.24) is 5.32 Å². The van der Waals surface area contributed by atoms with Crippen LogP contribution in [-0.4, -0.2) is 28.0 Å². The standard InChI is InChI=1S/C17H21NO4S2/c1-12(2)17(19)18-11-15(13-6-8-14(22-3)9-7-13)24(20,21)16-5-4-10-23-16/h4-10,12,15H,11H2,1-3H3,(H,18,19)/t15-/m1/s1.